The lowest BCUT2D eigenvalue weighted by atomic mass is 9.99. The molecule has 1 heterocycles. The fourth-order valence-electron chi connectivity index (χ4n) is 1.28. The molecule has 0 aromatic carbocycles. The molecule has 1 fully saturated rings. The molecule has 1 N–H and O–H groups in total. The van der Waals surface area contributed by atoms with Crippen LogP contribution in [0.25, 0.3) is 0 Å². The lowest BCUT2D eigenvalue weighted by Crippen LogP contribution is -2.38. The summed E-state index contributed by atoms with van der Waals surface area (Å²) in [6, 6.07) is -0.0162. The van der Waals surface area contributed by atoms with Crippen LogP contribution in [-0.4, -0.2) is 31.6 Å². The summed E-state index contributed by atoms with van der Waals surface area (Å²) in [4.78, 5) is 11.5. The molecular formula is C9H17NO2. The van der Waals surface area contributed by atoms with E-state index in [1.807, 2.05) is 7.05 Å². The zero-order valence-electron chi connectivity index (χ0n) is 7.96. The molecule has 1 rings (SSSR count). The number of Topliss-reactive ketones (excluding diaryl/α,β-unsaturated/α-hetero) is 1. The molecule has 0 radical (unpaired) electrons. The van der Waals surface area contributed by atoms with Gasteiger partial charge in [-0.2, -0.15) is 0 Å². The van der Waals surface area contributed by atoms with Crippen LogP contribution in [0, 0.1) is 5.92 Å². The van der Waals surface area contributed by atoms with Crippen molar-refractivity contribution in [1.82, 2.24) is 5.32 Å². The Morgan fingerprint density at radius 2 is 2.25 bits per heavy atom. The third-order valence-corrected chi connectivity index (χ3v) is 2.05. The van der Waals surface area contributed by atoms with E-state index < -0.39 is 0 Å². The lowest BCUT2D eigenvalue weighted by Gasteiger charge is -2.15. The van der Waals surface area contributed by atoms with Gasteiger partial charge in [0.2, 0.25) is 0 Å². The molecule has 0 aromatic rings. The normalized spacial score (nSPS) is 24.2. The Labute approximate surface area is 73.5 Å². The molecule has 3 heteroatoms. The van der Waals surface area contributed by atoms with Crippen molar-refractivity contribution in [3.8, 4) is 0 Å². The highest BCUT2D eigenvalue weighted by molar-refractivity contribution is 5.89. The molecule has 0 aromatic heterocycles. The van der Waals surface area contributed by atoms with Gasteiger partial charge in [0.25, 0.3) is 0 Å². The second-order valence-corrected chi connectivity index (χ2v) is 3.70. The predicted octanol–water partition coefficient (Wildman–Crippen LogP) is 0.588. The number of carbonyl (C=O) groups excluding carboxylic acids is 1. The van der Waals surface area contributed by atoms with E-state index >= 15 is 0 Å². The zero-order chi connectivity index (χ0) is 9.14. The van der Waals surface area contributed by atoms with Gasteiger partial charge in [0, 0.05) is 0 Å². The first kappa shape index (κ1) is 9.68. The van der Waals surface area contributed by atoms with Gasteiger partial charge in [-0.25, -0.2) is 0 Å². The monoisotopic (exact) mass is 171 g/mol. The number of rotatable bonds is 5. The summed E-state index contributed by atoms with van der Waals surface area (Å²) in [6.07, 6.45) is 0.788. The van der Waals surface area contributed by atoms with Crippen molar-refractivity contribution in [3.05, 3.63) is 0 Å². The topological polar surface area (TPSA) is 41.6 Å². The maximum Gasteiger partial charge on any atom is 0.180 e. The average molecular weight is 171 g/mol. The van der Waals surface area contributed by atoms with Crippen LogP contribution in [0.2, 0.25) is 0 Å². The molecule has 1 aliphatic rings. The number of nitrogens with one attached hydrogen (secondary N) is 1. The largest absolute Gasteiger partial charge is 0.365 e. The van der Waals surface area contributed by atoms with Gasteiger partial charge in [0.15, 0.2) is 5.78 Å². The van der Waals surface area contributed by atoms with Crippen LogP contribution in [0.3, 0.4) is 0 Å². The van der Waals surface area contributed by atoms with Crippen LogP contribution in [0.4, 0.5) is 0 Å². The van der Waals surface area contributed by atoms with Crippen molar-refractivity contribution in [2.75, 3.05) is 13.7 Å². The lowest BCUT2D eigenvalue weighted by molar-refractivity contribution is -0.122. The van der Waals surface area contributed by atoms with E-state index in [2.05, 4.69) is 19.2 Å². The zero-order valence-corrected chi connectivity index (χ0v) is 7.96. The van der Waals surface area contributed by atoms with Crippen LogP contribution in [-0.2, 0) is 9.53 Å². The molecule has 0 spiro atoms. The van der Waals surface area contributed by atoms with E-state index in [0.29, 0.717) is 12.5 Å². The van der Waals surface area contributed by atoms with Crippen LogP contribution in [0.1, 0.15) is 20.3 Å². The van der Waals surface area contributed by atoms with Gasteiger partial charge < -0.3 is 10.1 Å². The van der Waals surface area contributed by atoms with E-state index in [1.165, 1.54) is 0 Å². The first-order chi connectivity index (χ1) is 5.65. The minimum Gasteiger partial charge on any atom is -0.365 e. The van der Waals surface area contributed by atoms with Gasteiger partial charge in [0.1, 0.15) is 6.10 Å². The summed E-state index contributed by atoms with van der Waals surface area (Å²) in [5.41, 5.74) is 0. The highest BCUT2D eigenvalue weighted by Crippen LogP contribution is 2.15. The first-order valence-electron chi connectivity index (χ1n) is 4.47. The van der Waals surface area contributed by atoms with E-state index in [0.717, 1.165) is 6.42 Å². The second-order valence-electron chi connectivity index (χ2n) is 3.70. The van der Waals surface area contributed by atoms with Crippen molar-refractivity contribution in [2.24, 2.45) is 5.92 Å². The Bertz CT molecular complexity index is 164. The Hall–Kier alpha value is -0.410. The van der Waals surface area contributed by atoms with Crippen molar-refractivity contribution in [1.29, 1.82) is 0 Å². The third kappa shape index (κ3) is 2.57. The number of likely N-dealkylation sites (N-methyl/N-ethyl adjacent to an activating group) is 1. The number of ether oxygens (including phenoxy) is 1. The first-order valence-corrected chi connectivity index (χ1v) is 4.47. The van der Waals surface area contributed by atoms with Crippen molar-refractivity contribution >= 4 is 5.78 Å². The molecule has 0 bridgehead atoms. The van der Waals surface area contributed by atoms with Gasteiger partial charge in [-0.3, -0.25) is 4.79 Å². The number of carbonyl (C=O) groups is 1. The number of hydrogen-bond donors (Lipinski definition) is 1. The SMILES string of the molecule is CN[C@@H](CC(C)C)C(=O)[C@H]1CO1. The predicted molar refractivity (Wildman–Crippen MR) is 47.0 cm³/mol. The van der Waals surface area contributed by atoms with E-state index in [1.54, 1.807) is 0 Å². The molecule has 12 heavy (non-hydrogen) atoms. The fourth-order valence-corrected chi connectivity index (χ4v) is 1.28. The van der Waals surface area contributed by atoms with Crippen LogP contribution in [0.5, 0.6) is 0 Å². The molecular weight excluding hydrogens is 154 g/mol. The smallest absolute Gasteiger partial charge is 0.180 e. The maximum atomic E-state index is 11.5. The van der Waals surface area contributed by atoms with Gasteiger partial charge in [-0.1, -0.05) is 13.8 Å². The van der Waals surface area contributed by atoms with Crippen molar-refractivity contribution in [3.63, 3.8) is 0 Å². The van der Waals surface area contributed by atoms with E-state index in [9.17, 15) is 4.79 Å². The number of hydrogen-bond acceptors (Lipinski definition) is 3. The molecule has 1 saturated heterocycles. The number of ketones is 1. The summed E-state index contributed by atoms with van der Waals surface area (Å²) >= 11 is 0. The summed E-state index contributed by atoms with van der Waals surface area (Å²) in [6.45, 7) is 4.85. The van der Waals surface area contributed by atoms with Gasteiger partial charge in [-0.05, 0) is 19.4 Å². The Balaban J connectivity index is 2.37. The molecule has 0 unspecified atom stereocenters. The summed E-state index contributed by atoms with van der Waals surface area (Å²) in [5, 5.41) is 3.02. The highest BCUT2D eigenvalue weighted by Gasteiger charge is 2.35. The Morgan fingerprint density at radius 3 is 2.58 bits per heavy atom. The van der Waals surface area contributed by atoms with Crippen LogP contribution in [0.15, 0.2) is 0 Å². The average Bonchev–Trinajstić information content (AvgIpc) is 2.80. The Morgan fingerprint density at radius 1 is 1.67 bits per heavy atom. The van der Waals surface area contributed by atoms with Gasteiger partial charge >= 0.3 is 0 Å². The minimum absolute atomic E-state index is 0.0162. The Kier molecular flexibility index (Phi) is 3.23. The fraction of sp³-hybridized carbons (Fsp3) is 0.889. The molecule has 0 aliphatic carbocycles. The summed E-state index contributed by atoms with van der Waals surface area (Å²) in [5.74, 6) is 0.761. The second kappa shape index (κ2) is 4.01. The standard InChI is InChI=1S/C9H17NO2/c1-6(2)4-7(10-3)9(11)8-5-12-8/h6-8,10H,4-5H2,1-3H3/t7-,8+/m0/s1. The molecule has 0 saturated carbocycles. The molecule has 1 aliphatic heterocycles. The van der Waals surface area contributed by atoms with E-state index in [-0.39, 0.29) is 17.9 Å². The highest BCUT2D eigenvalue weighted by atomic mass is 16.6. The minimum atomic E-state index is -0.110. The molecule has 3 nitrogen and oxygen atoms in total. The van der Waals surface area contributed by atoms with Crippen molar-refractivity contribution < 1.29 is 9.53 Å². The number of epoxide rings is 1. The molecule has 0 amide bonds. The van der Waals surface area contributed by atoms with Crippen LogP contribution < -0.4 is 5.32 Å². The summed E-state index contributed by atoms with van der Waals surface area (Å²) in [7, 11) is 1.83. The third-order valence-electron chi connectivity index (χ3n) is 2.05. The van der Waals surface area contributed by atoms with Gasteiger partial charge in [0.05, 0.1) is 12.6 Å². The van der Waals surface area contributed by atoms with Crippen molar-refractivity contribution in [2.45, 2.75) is 32.4 Å². The summed E-state index contributed by atoms with van der Waals surface area (Å²) < 4.78 is 4.95. The van der Waals surface area contributed by atoms with Crippen LogP contribution >= 0.6 is 0 Å². The van der Waals surface area contributed by atoms with E-state index in [4.69, 9.17) is 4.74 Å². The molecule has 2 atom stereocenters. The maximum absolute atomic E-state index is 11.5. The molecule has 70 valence electrons. The van der Waals surface area contributed by atoms with Gasteiger partial charge in [-0.15, -0.1) is 0 Å². The quantitative estimate of drug-likeness (QED) is 0.615.